The van der Waals surface area contributed by atoms with Gasteiger partial charge in [-0.2, -0.15) is 0 Å². The first-order valence-electron chi connectivity index (χ1n) is 23.3. The summed E-state index contributed by atoms with van der Waals surface area (Å²) in [6.07, 6.45) is 0. The lowest BCUT2D eigenvalue weighted by molar-refractivity contribution is 1.13. The van der Waals surface area contributed by atoms with Gasteiger partial charge < -0.3 is 18.9 Å². The summed E-state index contributed by atoms with van der Waals surface area (Å²) in [6, 6.07) is 96.5. The molecule has 0 aliphatic carbocycles. The van der Waals surface area contributed by atoms with Crippen molar-refractivity contribution in [3.63, 3.8) is 0 Å². The van der Waals surface area contributed by atoms with Crippen LogP contribution in [-0.4, -0.2) is 9.13 Å². The second kappa shape index (κ2) is 16.4. The minimum absolute atomic E-state index is 1.10. The lowest BCUT2D eigenvalue weighted by atomic mass is 9.96. The summed E-state index contributed by atoms with van der Waals surface area (Å²) in [6.45, 7) is 0. The number of rotatable bonds is 9. The first kappa shape index (κ1) is 39.3. The lowest BCUT2D eigenvalue weighted by Crippen LogP contribution is -2.10. The molecule has 0 spiro atoms. The van der Waals surface area contributed by atoms with Gasteiger partial charge in [-0.25, -0.2) is 0 Å². The molecule has 320 valence electrons. The summed E-state index contributed by atoms with van der Waals surface area (Å²) in [5.74, 6) is 0. The third kappa shape index (κ3) is 6.53. The van der Waals surface area contributed by atoms with Crippen molar-refractivity contribution in [3.8, 4) is 22.5 Å². The van der Waals surface area contributed by atoms with Crippen LogP contribution in [0.2, 0.25) is 0 Å². The van der Waals surface area contributed by atoms with Gasteiger partial charge in [0.1, 0.15) is 0 Å². The van der Waals surface area contributed by atoms with Crippen LogP contribution in [0.3, 0.4) is 0 Å². The number of aromatic nitrogens is 2. The van der Waals surface area contributed by atoms with Crippen molar-refractivity contribution in [3.05, 3.63) is 267 Å². The van der Waals surface area contributed by atoms with Crippen LogP contribution >= 0.6 is 0 Å². The summed E-state index contributed by atoms with van der Waals surface area (Å²) in [4.78, 5) is 4.75. The topological polar surface area (TPSA) is 16.3 Å². The monoisotopic (exact) mass is 868 g/mol. The Morgan fingerprint density at radius 1 is 0.235 bits per heavy atom. The van der Waals surface area contributed by atoms with Crippen molar-refractivity contribution < 1.29 is 0 Å². The molecule has 2 heterocycles. The Hall–Kier alpha value is -9.12. The Balaban J connectivity index is 0.958. The normalized spacial score (nSPS) is 11.5. The zero-order chi connectivity index (χ0) is 45.0. The van der Waals surface area contributed by atoms with Crippen molar-refractivity contribution in [1.29, 1.82) is 0 Å². The molecular formula is C64H44N4. The quantitative estimate of drug-likeness (QED) is 0.144. The van der Waals surface area contributed by atoms with Gasteiger partial charge in [-0.15, -0.1) is 0 Å². The number of anilines is 6. The van der Waals surface area contributed by atoms with Gasteiger partial charge in [0.05, 0.1) is 27.8 Å². The van der Waals surface area contributed by atoms with Crippen molar-refractivity contribution >= 4 is 88.5 Å². The summed E-state index contributed by atoms with van der Waals surface area (Å²) in [5.41, 5.74) is 16.0. The molecule has 13 rings (SSSR count). The Morgan fingerprint density at radius 2 is 0.647 bits per heavy atom. The van der Waals surface area contributed by atoms with E-state index >= 15 is 0 Å². The van der Waals surface area contributed by atoms with Gasteiger partial charge in [-0.1, -0.05) is 158 Å². The number of fused-ring (bicyclic) bond motifs is 7. The molecule has 2 aromatic heterocycles. The zero-order valence-corrected chi connectivity index (χ0v) is 37.2. The zero-order valence-electron chi connectivity index (χ0n) is 37.2. The van der Waals surface area contributed by atoms with Gasteiger partial charge in [-0.05, 0) is 126 Å². The Bertz CT molecular complexity index is 3930. The highest BCUT2D eigenvalue weighted by molar-refractivity contribution is 6.13. The van der Waals surface area contributed by atoms with Crippen LogP contribution in [0.1, 0.15) is 0 Å². The predicted octanol–water partition coefficient (Wildman–Crippen LogP) is 17.6. The Labute approximate surface area is 395 Å². The van der Waals surface area contributed by atoms with E-state index < -0.39 is 0 Å². The summed E-state index contributed by atoms with van der Waals surface area (Å²) in [5, 5.41) is 7.24. The Morgan fingerprint density at radius 3 is 1.18 bits per heavy atom. The van der Waals surface area contributed by atoms with Gasteiger partial charge >= 0.3 is 0 Å². The molecule has 0 fully saturated rings. The maximum Gasteiger partial charge on any atom is 0.0542 e. The molecule has 0 atom stereocenters. The van der Waals surface area contributed by atoms with Crippen LogP contribution in [0, 0.1) is 0 Å². The van der Waals surface area contributed by atoms with Crippen LogP contribution in [0.15, 0.2) is 267 Å². The molecule has 0 unspecified atom stereocenters. The van der Waals surface area contributed by atoms with Gasteiger partial charge in [0, 0.05) is 66.7 Å². The van der Waals surface area contributed by atoms with Crippen molar-refractivity contribution in [2.75, 3.05) is 9.80 Å². The van der Waals surface area contributed by atoms with Gasteiger partial charge in [0.25, 0.3) is 0 Å². The van der Waals surface area contributed by atoms with E-state index in [9.17, 15) is 0 Å². The number of hydrogen-bond donors (Lipinski definition) is 0. The fourth-order valence-electron chi connectivity index (χ4n) is 10.5. The predicted molar refractivity (Wildman–Crippen MR) is 287 cm³/mol. The molecule has 0 N–H and O–H groups in total. The van der Waals surface area contributed by atoms with Gasteiger partial charge in [0.15, 0.2) is 0 Å². The van der Waals surface area contributed by atoms with E-state index in [1.165, 1.54) is 49.0 Å². The van der Waals surface area contributed by atoms with E-state index in [1.54, 1.807) is 0 Å². The van der Waals surface area contributed by atoms with Crippen LogP contribution in [0.5, 0.6) is 0 Å². The SMILES string of the molecule is c1ccc(-c2ccc(N(c3ccccc3)c3ccc4c(c3)c3ccccc3n4-c3cccc(-n4c5ccccc5c5cc(N(c6ccccc6)c6ccccc6)ccc54)c3)c3ccccc23)cc1. The second-order valence-electron chi connectivity index (χ2n) is 17.3. The number of hydrogen-bond acceptors (Lipinski definition) is 2. The first-order valence-corrected chi connectivity index (χ1v) is 23.3. The summed E-state index contributed by atoms with van der Waals surface area (Å²) < 4.78 is 4.85. The number of para-hydroxylation sites is 5. The summed E-state index contributed by atoms with van der Waals surface area (Å²) in [7, 11) is 0. The van der Waals surface area contributed by atoms with E-state index in [0.717, 1.165) is 62.0 Å². The highest BCUT2D eigenvalue weighted by Crippen LogP contribution is 2.45. The third-order valence-electron chi connectivity index (χ3n) is 13.4. The van der Waals surface area contributed by atoms with Gasteiger partial charge in [-0.3, -0.25) is 0 Å². The lowest BCUT2D eigenvalue weighted by Gasteiger charge is -2.27. The molecule has 0 aliphatic heterocycles. The fraction of sp³-hybridized carbons (Fsp3) is 0. The molecule has 4 heteroatoms. The van der Waals surface area contributed by atoms with E-state index in [4.69, 9.17) is 0 Å². The molecule has 0 bridgehead atoms. The smallest absolute Gasteiger partial charge is 0.0542 e. The third-order valence-corrected chi connectivity index (χ3v) is 13.4. The molecule has 11 aromatic carbocycles. The van der Waals surface area contributed by atoms with E-state index in [-0.39, 0.29) is 0 Å². The molecule has 0 saturated heterocycles. The average molecular weight is 869 g/mol. The first-order chi connectivity index (χ1) is 33.8. The minimum atomic E-state index is 1.10. The second-order valence-corrected chi connectivity index (χ2v) is 17.3. The van der Waals surface area contributed by atoms with Crippen LogP contribution in [-0.2, 0) is 0 Å². The van der Waals surface area contributed by atoms with Crippen LogP contribution < -0.4 is 9.80 Å². The van der Waals surface area contributed by atoms with Crippen molar-refractivity contribution in [2.45, 2.75) is 0 Å². The molecule has 0 amide bonds. The van der Waals surface area contributed by atoms with Crippen LogP contribution in [0.25, 0.3) is 76.9 Å². The van der Waals surface area contributed by atoms with E-state index in [2.05, 4.69) is 286 Å². The Kier molecular flexibility index (Phi) is 9.47. The van der Waals surface area contributed by atoms with E-state index in [1.807, 2.05) is 0 Å². The van der Waals surface area contributed by atoms with Crippen LogP contribution in [0.4, 0.5) is 34.1 Å². The fourth-order valence-corrected chi connectivity index (χ4v) is 10.5. The maximum absolute atomic E-state index is 2.43. The van der Waals surface area contributed by atoms with Crippen molar-refractivity contribution in [2.24, 2.45) is 0 Å². The van der Waals surface area contributed by atoms with Crippen molar-refractivity contribution in [1.82, 2.24) is 9.13 Å². The largest absolute Gasteiger partial charge is 0.310 e. The standard InChI is InChI=1S/C64H44N4/c1-5-20-45(21-6-1)53-38-41-62(55-31-14-13-30-54(53)55)66(48-26-11-4-12-27-48)52-37-40-64-59(44-52)57-33-16-18-35-61(57)68(64)50-29-19-28-49(42-50)67-60-34-17-15-32-56(60)58-43-51(36-39-63(58)67)65(46-22-7-2-8-23-46)47-24-9-3-10-25-47/h1-44H. The number of benzene rings is 11. The number of nitrogens with zero attached hydrogens (tertiary/aromatic N) is 4. The van der Waals surface area contributed by atoms with Gasteiger partial charge in [0.2, 0.25) is 0 Å². The molecule has 0 saturated carbocycles. The molecular weight excluding hydrogens is 825 g/mol. The molecule has 13 aromatic rings. The molecule has 68 heavy (non-hydrogen) atoms. The highest BCUT2D eigenvalue weighted by atomic mass is 15.2. The molecule has 4 nitrogen and oxygen atoms in total. The highest BCUT2D eigenvalue weighted by Gasteiger charge is 2.22. The minimum Gasteiger partial charge on any atom is -0.310 e. The van der Waals surface area contributed by atoms with E-state index in [0.29, 0.717) is 0 Å². The molecule has 0 aliphatic rings. The summed E-state index contributed by atoms with van der Waals surface area (Å²) >= 11 is 0. The maximum atomic E-state index is 2.43. The molecule has 0 radical (unpaired) electrons. The average Bonchev–Trinajstić information content (AvgIpc) is 3.92.